The lowest BCUT2D eigenvalue weighted by Gasteiger charge is -2.29. The lowest BCUT2D eigenvalue weighted by atomic mass is 10.0. The van der Waals surface area contributed by atoms with Gasteiger partial charge in [-0.15, -0.1) is 0 Å². The van der Waals surface area contributed by atoms with Gasteiger partial charge in [-0.05, 0) is 37.0 Å². The number of hydrogen-bond acceptors (Lipinski definition) is 3. The molecule has 1 aliphatic rings. The fourth-order valence-corrected chi connectivity index (χ4v) is 4.06. The third-order valence-electron chi connectivity index (χ3n) is 3.33. The number of hydrogen-bond donors (Lipinski definition) is 1. The minimum Gasteiger partial charge on any atom is -0.398 e. The Hall–Kier alpha value is -0.590. The number of nitrogens with two attached hydrogens (primary N) is 1. The van der Waals surface area contributed by atoms with E-state index >= 15 is 0 Å². The summed E-state index contributed by atoms with van der Waals surface area (Å²) in [5.74, 6) is 0.596. The molecule has 18 heavy (non-hydrogen) atoms. The number of nitrogen functional groups attached to an aromatic ring is 1. The van der Waals surface area contributed by atoms with Crippen LogP contribution in [-0.4, -0.2) is 25.8 Å². The number of piperidine rings is 1. The number of benzene rings is 1. The number of nitrogens with zero attached hydrogens (tertiary/aromatic N) is 1. The van der Waals surface area contributed by atoms with Crippen molar-refractivity contribution in [2.45, 2.75) is 24.7 Å². The molecule has 2 N–H and O–H groups in total. The zero-order valence-corrected chi connectivity index (χ0v) is 12.7. The molecule has 0 amide bonds. The highest BCUT2D eigenvalue weighted by atomic mass is 79.9. The van der Waals surface area contributed by atoms with Crippen molar-refractivity contribution in [3.8, 4) is 0 Å². The molecule has 0 aliphatic carbocycles. The van der Waals surface area contributed by atoms with Gasteiger partial charge < -0.3 is 5.73 Å². The molecule has 0 atom stereocenters. The molecule has 1 saturated heterocycles. The van der Waals surface area contributed by atoms with Gasteiger partial charge in [0.25, 0.3) is 0 Å². The van der Waals surface area contributed by atoms with Crippen molar-refractivity contribution >= 4 is 31.6 Å². The van der Waals surface area contributed by atoms with Crippen LogP contribution in [0.4, 0.5) is 5.69 Å². The summed E-state index contributed by atoms with van der Waals surface area (Å²) in [4.78, 5) is 0.209. The lowest BCUT2D eigenvalue weighted by Crippen LogP contribution is -2.38. The summed E-state index contributed by atoms with van der Waals surface area (Å²) in [6.07, 6.45) is 1.82. The Morgan fingerprint density at radius 1 is 1.33 bits per heavy atom. The van der Waals surface area contributed by atoms with Crippen LogP contribution in [0, 0.1) is 5.92 Å². The summed E-state index contributed by atoms with van der Waals surface area (Å²) >= 11 is 3.28. The smallest absolute Gasteiger partial charge is 0.245 e. The van der Waals surface area contributed by atoms with E-state index in [1.165, 1.54) is 4.31 Å². The monoisotopic (exact) mass is 332 g/mol. The summed E-state index contributed by atoms with van der Waals surface area (Å²) in [5, 5.41) is 0. The average molecular weight is 333 g/mol. The highest BCUT2D eigenvalue weighted by Gasteiger charge is 2.29. The highest BCUT2D eigenvalue weighted by molar-refractivity contribution is 9.10. The van der Waals surface area contributed by atoms with E-state index in [-0.39, 0.29) is 4.90 Å². The molecule has 0 unspecified atom stereocenters. The van der Waals surface area contributed by atoms with E-state index in [1.807, 2.05) is 0 Å². The van der Waals surface area contributed by atoms with Crippen molar-refractivity contribution < 1.29 is 8.42 Å². The van der Waals surface area contributed by atoms with Gasteiger partial charge in [0.1, 0.15) is 4.90 Å². The van der Waals surface area contributed by atoms with E-state index in [1.54, 1.807) is 18.2 Å². The second-order valence-corrected chi connectivity index (χ2v) is 7.59. The Morgan fingerprint density at radius 3 is 2.50 bits per heavy atom. The van der Waals surface area contributed by atoms with Gasteiger partial charge in [-0.25, -0.2) is 8.42 Å². The predicted molar refractivity (Wildman–Crippen MR) is 75.7 cm³/mol. The van der Waals surface area contributed by atoms with Crippen LogP contribution >= 0.6 is 15.9 Å². The number of sulfonamides is 1. The molecular weight excluding hydrogens is 316 g/mol. The highest BCUT2D eigenvalue weighted by Crippen LogP contribution is 2.28. The lowest BCUT2D eigenvalue weighted by molar-refractivity contribution is 0.288. The van der Waals surface area contributed by atoms with E-state index in [4.69, 9.17) is 5.73 Å². The average Bonchev–Trinajstić information content (AvgIpc) is 2.29. The predicted octanol–water partition coefficient (Wildman–Crippen LogP) is 2.45. The molecule has 2 rings (SSSR count). The molecule has 1 fully saturated rings. The molecule has 1 aliphatic heterocycles. The Bertz CT molecular complexity index is 537. The topological polar surface area (TPSA) is 63.4 Å². The number of anilines is 1. The maximum absolute atomic E-state index is 12.5. The molecule has 100 valence electrons. The zero-order chi connectivity index (χ0) is 13.3. The van der Waals surface area contributed by atoms with E-state index < -0.39 is 10.0 Å². The second-order valence-electron chi connectivity index (χ2n) is 4.77. The van der Waals surface area contributed by atoms with E-state index in [0.717, 1.165) is 17.3 Å². The fourth-order valence-electron chi connectivity index (χ4n) is 2.12. The van der Waals surface area contributed by atoms with Gasteiger partial charge in [-0.3, -0.25) is 0 Å². The van der Waals surface area contributed by atoms with Crippen molar-refractivity contribution in [1.29, 1.82) is 0 Å². The Morgan fingerprint density at radius 2 is 1.94 bits per heavy atom. The first-order chi connectivity index (χ1) is 8.41. The molecule has 6 heteroatoms. The van der Waals surface area contributed by atoms with E-state index in [0.29, 0.717) is 24.7 Å². The second kappa shape index (κ2) is 5.19. The van der Waals surface area contributed by atoms with Crippen LogP contribution in [0.15, 0.2) is 27.6 Å². The molecule has 1 aromatic rings. The minimum atomic E-state index is -3.45. The molecule has 1 aromatic carbocycles. The Labute approximate surface area is 116 Å². The van der Waals surface area contributed by atoms with Gasteiger partial charge >= 0.3 is 0 Å². The molecule has 1 heterocycles. The third-order valence-corrected chi connectivity index (χ3v) is 5.80. The summed E-state index contributed by atoms with van der Waals surface area (Å²) < 4.78 is 27.2. The first-order valence-corrected chi connectivity index (χ1v) is 8.20. The van der Waals surface area contributed by atoms with Crippen molar-refractivity contribution in [2.24, 2.45) is 5.92 Å². The summed E-state index contributed by atoms with van der Waals surface area (Å²) in [7, 11) is -3.45. The van der Waals surface area contributed by atoms with Gasteiger partial charge in [0.15, 0.2) is 0 Å². The molecule has 0 saturated carbocycles. The van der Waals surface area contributed by atoms with Crippen molar-refractivity contribution in [2.75, 3.05) is 18.8 Å². The van der Waals surface area contributed by atoms with E-state index in [9.17, 15) is 8.42 Å². The standard InChI is InChI=1S/C12H17BrN2O2S/c1-9-4-6-15(7-5-9)18(16,17)12-3-2-10(13)8-11(12)14/h2-3,8-9H,4-7,14H2,1H3. The number of halogens is 1. The van der Waals surface area contributed by atoms with Crippen LogP contribution in [0.5, 0.6) is 0 Å². The summed E-state index contributed by atoms with van der Waals surface area (Å²) in [5.41, 5.74) is 6.10. The van der Waals surface area contributed by atoms with Crippen LogP contribution < -0.4 is 5.73 Å². The normalized spacial score (nSPS) is 19.0. The van der Waals surface area contributed by atoms with Gasteiger partial charge in [0, 0.05) is 17.6 Å². The van der Waals surface area contributed by atoms with Gasteiger partial charge in [0.05, 0.1) is 5.69 Å². The van der Waals surface area contributed by atoms with Gasteiger partial charge in [0.2, 0.25) is 10.0 Å². The summed E-state index contributed by atoms with van der Waals surface area (Å²) in [6, 6.07) is 4.89. The van der Waals surface area contributed by atoms with Gasteiger partial charge in [-0.1, -0.05) is 22.9 Å². The van der Waals surface area contributed by atoms with Crippen LogP contribution in [0.3, 0.4) is 0 Å². The molecule has 0 spiro atoms. The Balaban J connectivity index is 2.30. The molecule has 0 aromatic heterocycles. The van der Waals surface area contributed by atoms with Crippen LogP contribution in [0.25, 0.3) is 0 Å². The van der Waals surface area contributed by atoms with E-state index in [2.05, 4.69) is 22.9 Å². The Kier molecular flexibility index (Phi) is 3.99. The van der Waals surface area contributed by atoms with Crippen LogP contribution in [-0.2, 0) is 10.0 Å². The fraction of sp³-hybridized carbons (Fsp3) is 0.500. The maximum Gasteiger partial charge on any atom is 0.245 e. The van der Waals surface area contributed by atoms with Crippen molar-refractivity contribution in [3.05, 3.63) is 22.7 Å². The quantitative estimate of drug-likeness (QED) is 0.846. The maximum atomic E-state index is 12.5. The third kappa shape index (κ3) is 2.70. The number of rotatable bonds is 2. The summed E-state index contributed by atoms with van der Waals surface area (Å²) in [6.45, 7) is 3.32. The SMILES string of the molecule is CC1CCN(S(=O)(=O)c2ccc(Br)cc2N)CC1. The minimum absolute atomic E-state index is 0.209. The molecule has 0 bridgehead atoms. The molecular formula is C12H17BrN2O2S. The first kappa shape index (κ1) is 13.8. The van der Waals surface area contributed by atoms with Crippen LogP contribution in [0.1, 0.15) is 19.8 Å². The van der Waals surface area contributed by atoms with Crippen LogP contribution in [0.2, 0.25) is 0 Å². The van der Waals surface area contributed by atoms with Crippen molar-refractivity contribution in [3.63, 3.8) is 0 Å². The zero-order valence-electron chi connectivity index (χ0n) is 10.3. The largest absolute Gasteiger partial charge is 0.398 e. The molecule has 0 radical (unpaired) electrons. The molecule has 4 nitrogen and oxygen atoms in total. The van der Waals surface area contributed by atoms with Crippen molar-refractivity contribution in [1.82, 2.24) is 4.31 Å². The van der Waals surface area contributed by atoms with Gasteiger partial charge in [-0.2, -0.15) is 4.31 Å². The first-order valence-electron chi connectivity index (χ1n) is 5.96.